The summed E-state index contributed by atoms with van der Waals surface area (Å²) in [6.07, 6.45) is 1.76. The van der Waals surface area contributed by atoms with Crippen LogP contribution in [0.5, 0.6) is 0 Å². The van der Waals surface area contributed by atoms with Crippen molar-refractivity contribution in [3.8, 4) is 6.07 Å². The molecule has 0 amide bonds. The SMILES string of the molecule is C=CCNC(C#N)c1cccc2ccccc12. The third-order valence-corrected chi connectivity index (χ3v) is 2.73. The van der Waals surface area contributed by atoms with Crippen LogP contribution in [-0.4, -0.2) is 6.54 Å². The molecule has 0 spiro atoms. The molecule has 0 fully saturated rings. The fourth-order valence-corrected chi connectivity index (χ4v) is 1.93. The second-order valence-electron chi connectivity index (χ2n) is 3.83. The molecule has 2 aromatic rings. The van der Waals surface area contributed by atoms with Crippen LogP contribution in [0.1, 0.15) is 11.6 Å². The second-order valence-corrected chi connectivity index (χ2v) is 3.83. The zero-order chi connectivity index (χ0) is 12.1. The summed E-state index contributed by atoms with van der Waals surface area (Å²) in [5.41, 5.74) is 1.02. The number of rotatable bonds is 4. The van der Waals surface area contributed by atoms with Gasteiger partial charge in [0.25, 0.3) is 0 Å². The number of nitriles is 1. The first-order valence-electron chi connectivity index (χ1n) is 5.58. The van der Waals surface area contributed by atoms with Gasteiger partial charge in [0.2, 0.25) is 0 Å². The zero-order valence-electron chi connectivity index (χ0n) is 9.56. The van der Waals surface area contributed by atoms with Crippen molar-refractivity contribution < 1.29 is 0 Å². The second kappa shape index (κ2) is 5.29. The van der Waals surface area contributed by atoms with E-state index in [2.05, 4.69) is 30.1 Å². The molecular formula is C15H14N2. The Morgan fingerprint density at radius 1 is 1.24 bits per heavy atom. The molecule has 2 heteroatoms. The molecular weight excluding hydrogens is 208 g/mol. The smallest absolute Gasteiger partial charge is 0.122 e. The summed E-state index contributed by atoms with van der Waals surface area (Å²) in [6, 6.07) is 16.1. The highest BCUT2D eigenvalue weighted by atomic mass is 14.9. The molecule has 1 N–H and O–H groups in total. The van der Waals surface area contributed by atoms with Gasteiger partial charge in [-0.25, -0.2) is 0 Å². The molecule has 0 radical (unpaired) electrons. The molecule has 1 unspecified atom stereocenters. The minimum atomic E-state index is -0.293. The van der Waals surface area contributed by atoms with Crippen LogP contribution < -0.4 is 5.32 Å². The number of benzene rings is 2. The Morgan fingerprint density at radius 2 is 2.00 bits per heavy atom. The van der Waals surface area contributed by atoms with Gasteiger partial charge in [-0.2, -0.15) is 5.26 Å². The third-order valence-electron chi connectivity index (χ3n) is 2.73. The van der Waals surface area contributed by atoms with E-state index in [1.54, 1.807) is 6.08 Å². The van der Waals surface area contributed by atoms with Crippen LogP contribution in [-0.2, 0) is 0 Å². The van der Waals surface area contributed by atoms with Crippen molar-refractivity contribution in [1.82, 2.24) is 5.32 Å². The van der Waals surface area contributed by atoms with Gasteiger partial charge in [-0.05, 0) is 16.3 Å². The number of nitrogens with zero attached hydrogens (tertiary/aromatic N) is 1. The molecule has 17 heavy (non-hydrogen) atoms. The van der Waals surface area contributed by atoms with Gasteiger partial charge in [0.15, 0.2) is 0 Å². The van der Waals surface area contributed by atoms with E-state index in [9.17, 15) is 5.26 Å². The lowest BCUT2D eigenvalue weighted by atomic mass is 9.99. The lowest BCUT2D eigenvalue weighted by Crippen LogP contribution is -2.19. The van der Waals surface area contributed by atoms with Crippen LogP contribution in [0.3, 0.4) is 0 Å². The largest absolute Gasteiger partial charge is 0.295 e. The first kappa shape index (κ1) is 11.4. The molecule has 2 aromatic carbocycles. The maximum Gasteiger partial charge on any atom is 0.122 e. The highest BCUT2D eigenvalue weighted by molar-refractivity contribution is 5.86. The Hall–Kier alpha value is -2.11. The molecule has 1 atom stereocenters. The molecule has 2 rings (SSSR count). The Kier molecular flexibility index (Phi) is 3.54. The normalized spacial score (nSPS) is 11.9. The number of fused-ring (bicyclic) bond motifs is 1. The van der Waals surface area contributed by atoms with Gasteiger partial charge in [0.1, 0.15) is 6.04 Å². The summed E-state index contributed by atoms with van der Waals surface area (Å²) in [6.45, 7) is 4.28. The average Bonchev–Trinajstić information content (AvgIpc) is 2.40. The van der Waals surface area contributed by atoms with E-state index in [4.69, 9.17) is 0 Å². The lowest BCUT2D eigenvalue weighted by Gasteiger charge is -2.13. The Balaban J connectivity index is 2.46. The molecule has 2 nitrogen and oxygen atoms in total. The minimum Gasteiger partial charge on any atom is -0.295 e. The maximum atomic E-state index is 9.22. The van der Waals surface area contributed by atoms with Crippen molar-refractivity contribution in [3.63, 3.8) is 0 Å². The van der Waals surface area contributed by atoms with E-state index in [1.807, 2.05) is 30.3 Å². The molecule has 0 aliphatic carbocycles. The Bertz CT molecular complexity index is 561. The van der Waals surface area contributed by atoms with E-state index in [0.717, 1.165) is 16.3 Å². The minimum absolute atomic E-state index is 0.293. The predicted molar refractivity (Wildman–Crippen MR) is 70.5 cm³/mol. The number of hydrogen-bond acceptors (Lipinski definition) is 2. The van der Waals surface area contributed by atoms with Crippen LogP contribution in [0.15, 0.2) is 55.1 Å². The van der Waals surface area contributed by atoms with Crippen molar-refractivity contribution in [1.29, 1.82) is 5.26 Å². The first-order chi connectivity index (χ1) is 8.36. The van der Waals surface area contributed by atoms with E-state index >= 15 is 0 Å². The predicted octanol–water partition coefficient (Wildman–Crippen LogP) is 3.18. The average molecular weight is 222 g/mol. The van der Waals surface area contributed by atoms with Crippen LogP contribution in [0.2, 0.25) is 0 Å². The number of nitrogens with one attached hydrogen (secondary N) is 1. The molecule has 0 saturated carbocycles. The summed E-state index contributed by atoms with van der Waals surface area (Å²) >= 11 is 0. The standard InChI is InChI=1S/C15H14N2/c1-2-10-17-15(11-16)14-9-5-7-12-6-3-4-8-13(12)14/h2-9,15,17H,1,10H2. The van der Waals surface area contributed by atoms with E-state index < -0.39 is 0 Å². The first-order valence-corrected chi connectivity index (χ1v) is 5.58. The number of hydrogen-bond donors (Lipinski definition) is 1. The van der Waals surface area contributed by atoms with Gasteiger partial charge in [0, 0.05) is 6.54 Å². The van der Waals surface area contributed by atoms with Gasteiger partial charge < -0.3 is 0 Å². The topological polar surface area (TPSA) is 35.8 Å². The van der Waals surface area contributed by atoms with Gasteiger partial charge in [0.05, 0.1) is 6.07 Å². The molecule has 0 saturated heterocycles. The quantitative estimate of drug-likeness (QED) is 0.806. The van der Waals surface area contributed by atoms with E-state index in [1.165, 1.54) is 0 Å². The zero-order valence-corrected chi connectivity index (χ0v) is 9.56. The summed E-state index contributed by atoms with van der Waals surface area (Å²) in [4.78, 5) is 0. The Labute approximate surface area is 101 Å². The summed E-state index contributed by atoms with van der Waals surface area (Å²) in [5.74, 6) is 0. The molecule has 0 aromatic heterocycles. The van der Waals surface area contributed by atoms with E-state index in [0.29, 0.717) is 6.54 Å². The molecule has 0 aliphatic heterocycles. The van der Waals surface area contributed by atoms with Crippen LogP contribution in [0.4, 0.5) is 0 Å². The van der Waals surface area contributed by atoms with Crippen LogP contribution in [0, 0.1) is 11.3 Å². The van der Waals surface area contributed by atoms with Crippen LogP contribution in [0.25, 0.3) is 10.8 Å². The van der Waals surface area contributed by atoms with E-state index in [-0.39, 0.29) is 6.04 Å². The van der Waals surface area contributed by atoms with Gasteiger partial charge in [-0.1, -0.05) is 48.5 Å². The van der Waals surface area contributed by atoms with Crippen molar-refractivity contribution >= 4 is 10.8 Å². The van der Waals surface area contributed by atoms with Gasteiger partial charge >= 0.3 is 0 Å². The van der Waals surface area contributed by atoms with Gasteiger partial charge in [-0.15, -0.1) is 6.58 Å². The highest BCUT2D eigenvalue weighted by Crippen LogP contribution is 2.23. The van der Waals surface area contributed by atoms with Crippen molar-refractivity contribution in [2.24, 2.45) is 0 Å². The molecule has 84 valence electrons. The monoisotopic (exact) mass is 222 g/mol. The fourth-order valence-electron chi connectivity index (χ4n) is 1.93. The van der Waals surface area contributed by atoms with Gasteiger partial charge in [-0.3, -0.25) is 5.32 Å². The Morgan fingerprint density at radius 3 is 2.76 bits per heavy atom. The molecule has 0 aliphatic rings. The molecule has 0 bridgehead atoms. The van der Waals surface area contributed by atoms with Crippen molar-refractivity contribution in [2.45, 2.75) is 6.04 Å². The van der Waals surface area contributed by atoms with Crippen molar-refractivity contribution in [3.05, 3.63) is 60.7 Å². The summed E-state index contributed by atoms with van der Waals surface area (Å²) < 4.78 is 0. The lowest BCUT2D eigenvalue weighted by molar-refractivity contribution is 0.688. The highest BCUT2D eigenvalue weighted by Gasteiger charge is 2.11. The third kappa shape index (κ3) is 2.35. The van der Waals surface area contributed by atoms with Crippen molar-refractivity contribution in [2.75, 3.05) is 6.54 Å². The molecule has 0 heterocycles. The van der Waals surface area contributed by atoms with Crippen LogP contribution >= 0.6 is 0 Å². The summed E-state index contributed by atoms with van der Waals surface area (Å²) in [5, 5.41) is 14.6. The maximum absolute atomic E-state index is 9.22. The summed E-state index contributed by atoms with van der Waals surface area (Å²) in [7, 11) is 0. The fraction of sp³-hybridized carbons (Fsp3) is 0.133.